The van der Waals surface area contributed by atoms with Crippen LogP contribution in [0.4, 0.5) is 5.69 Å². The molecule has 0 atom stereocenters. The molecule has 1 aromatic carbocycles. The Hall–Kier alpha value is -3.15. The highest BCUT2D eigenvalue weighted by Crippen LogP contribution is 2.22. The number of hydrogen-bond donors (Lipinski definition) is 2. The zero-order valence-electron chi connectivity index (χ0n) is 11.1. The molecule has 0 bridgehead atoms. The normalized spacial score (nSPS) is 10.5. The van der Waals surface area contributed by atoms with Gasteiger partial charge < -0.3 is 11.5 Å². The smallest absolute Gasteiger partial charge is 0.250 e. The van der Waals surface area contributed by atoms with Gasteiger partial charge >= 0.3 is 0 Å². The Labute approximate surface area is 121 Å². The molecular formula is C15H13N5O. The molecule has 0 saturated heterocycles. The summed E-state index contributed by atoms with van der Waals surface area (Å²) < 4.78 is 1.82. The van der Waals surface area contributed by atoms with Gasteiger partial charge in [-0.1, -0.05) is 12.1 Å². The molecule has 4 N–H and O–H groups in total. The number of primary amides is 1. The molecule has 3 rings (SSSR count). The van der Waals surface area contributed by atoms with Gasteiger partial charge in [-0.05, 0) is 24.3 Å². The number of carbonyl (C=O) groups excluding carboxylic acids is 1. The van der Waals surface area contributed by atoms with Gasteiger partial charge in [0.2, 0.25) is 5.91 Å². The quantitative estimate of drug-likeness (QED) is 0.711. The van der Waals surface area contributed by atoms with E-state index in [0.717, 1.165) is 11.4 Å². The number of amides is 1. The van der Waals surface area contributed by atoms with Crippen LogP contribution < -0.4 is 11.5 Å². The summed E-state index contributed by atoms with van der Waals surface area (Å²) in [6, 6.07) is 10.8. The van der Waals surface area contributed by atoms with Crippen LogP contribution in [0.3, 0.4) is 0 Å². The first kappa shape index (κ1) is 12.9. The fraction of sp³-hybridized carbons (Fsp3) is 0. The predicted molar refractivity (Wildman–Crippen MR) is 79.7 cm³/mol. The molecule has 0 aliphatic carbocycles. The van der Waals surface area contributed by atoms with E-state index in [1.807, 2.05) is 28.8 Å². The van der Waals surface area contributed by atoms with Crippen LogP contribution in [0.2, 0.25) is 0 Å². The molecule has 21 heavy (non-hydrogen) atoms. The molecule has 104 valence electrons. The molecule has 0 radical (unpaired) electrons. The molecular weight excluding hydrogens is 266 g/mol. The van der Waals surface area contributed by atoms with Gasteiger partial charge in [0.1, 0.15) is 11.6 Å². The molecule has 1 amide bonds. The van der Waals surface area contributed by atoms with Crippen molar-refractivity contribution in [3.8, 4) is 17.2 Å². The molecule has 3 aromatic rings. The summed E-state index contributed by atoms with van der Waals surface area (Å²) in [7, 11) is 0. The minimum atomic E-state index is -0.504. The molecule has 2 heterocycles. The summed E-state index contributed by atoms with van der Waals surface area (Å²) >= 11 is 0. The number of benzene rings is 1. The molecule has 0 saturated carbocycles. The van der Waals surface area contributed by atoms with Gasteiger partial charge in [0.15, 0.2) is 0 Å². The first-order valence-corrected chi connectivity index (χ1v) is 6.30. The summed E-state index contributed by atoms with van der Waals surface area (Å²) in [6.07, 6.45) is 4.92. The lowest BCUT2D eigenvalue weighted by Crippen LogP contribution is -2.11. The van der Waals surface area contributed by atoms with E-state index in [-0.39, 0.29) is 0 Å². The number of anilines is 1. The molecule has 0 aliphatic heterocycles. The van der Waals surface area contributed by atoms with E-state index < -0.39 is 5.91 Å². The number of rotatable bonds is 3. The van der Waals surface area contributed by atoms with Gasteiger partial charge in [0.05, 0.1) is 5.56 Å². The lowest BCUT2D eigenvalue weighted by atomic mass is 10.2. The minimum absolute atomic E-state index is 0.365. The Balaban J connectivity index is 2.04. The summed E-state index contributed by atoms with van der Waals surface area (Å²) in [4.78, 5) is 19.7. The van der Waals surface area contributed by atoms with E-state index in [1.54, 1.807) is 24.5 Å². The average molecular weight is 279 g/mol. The van der Waals surface area contributed by atoms with Crippen molar-refractivity contribution >= 4 is 11.6 Å². The first-order valence-electron chi connectivity index (χ1n) is 6.30. The second-order valence-corrected chi connectivity index (χ2v) is 4.52. The topological polar surface area (TPSA) is 99.8 Å². The number of nitrogens with zero attached hydrogens (tertiary/aromatic N) is 3. The third-order valence-electron chi connectivity index (χ3n) is 3.06. The maximum Gasteiger partial charge on any atom is 0.250 e. The third-order valence-corrected chi connectivity index (χ3v) is 3.06. The van der Waals surface area contributed by atoms with E-state index in [0.29, 0.717) is 17.1 Å². The van der Waals surface area contributed by atoms with E-state index in [2.05, 4.69) is 9.97 Å². The molecule has 0 unspecified atom stereocenters. The van der Waals surface area contributed by atoms with Crippen LogP contribution in [0.5, 0.6) is 0 Å². The molecule has 6 heteroatoms. The Morgan fingerprint density at radius 1 is 1.14 bits per heavy atom. The second-order valence-electron chi connectivity index (χ2n) is 4.52. The highest BCUT2D eigenvalue weighted by atomic mass is 16.1. The Bertz CT molecular complexity index is 792. The van der Waals surface area contributed by atoms with Crippen molar-refractivity contribution in [1.29, 1.82) is 0 Å². The van der Waals surface area contributed by atoms with Crippen LogP contribution in [-0.4, -0.2) is 20.4 Å². The number of nitrogens with two attached hydrogens (primary N) is 2. The van der Waals surface area contributed by atoms with Crippen molar-refractivity contribution in [3.05, 3.63) is 60.6 Å². The van der Waals surface area contributed by atoms with Crippen LogP contribution in [0, 0.1) is 0 Å². The molecule has 0 fully saturated rings. The summed E-state index contributed by atoms with van der Waals surface area (Å²) in [5, 5.41) is 0. The predicted octanol–water partition coefficient (Wildman–Crippen LogP) is 1.62. The molecule has 0 spiro atoms. The number of imidazole rings is 1. The first-order chi connectivity index (χ1) is 10.1. The van der Waals surface area contributed by atoms with E-state index in [9.17, 15) is 4.79 Å². The van der Waals surface area contributed by atoms with E-state index >= 15 is 0 Å². The number of aromatic nitrogens is 3. The molecule has 2 aromatic heterocycles. The standard InChI is InChI=1S/C15H13N5O/c16-12-3-1-2-10(8-12)15-18-6-7-20(15)13-5-4-11(9-19-13)14(17)21/h1-9H,16H2,(H2,17,21). The summed E-state index contributed by atoms with van der Waals surface area (Å²) in [5.74, 6) is 0.868. The van der Waals surface area contributed by atoms with Crippen molar-refractivity contribution in [2.24, 2.45) is 5.73 Å². The zero-order valence-corrected chi connectivity index (χ0v) is 11.1. The number of hydrogen-bond acceptors (Lipinski definition) is 4. The van der Waals surface area contributed by atoms with E-state index in [4.69, 9.17) is 11.5 Å². The summed E-state index contributed by atoms with van der Waals surface area (Å²) in [6.45, 7) is 0. The molecule has 0 aliphatic rings. The van der Waals surface area contributed by atoms with Crippen molar-refractivity contribution in [2.75, 3.05) is 5.73 Å². The third kappa shape index (κ3) is 2.46. The van der Waals surface area contributed by atoms with E-state index in [1.165, 1.54) is 6.20 Å². The number of pyridine rings is 1. The van der Waals surface area contributed by atoms with Gasteiger partial charge in [-0.3, -0.25) is 9.36 Å². The van der Waals surface area contributed by atoms with Gasteiger partial charge in [-0.2, -0.15) is 0 Å². The largest absolute Gasteiger partial charge is 0.399 e. The Kier molecular flexibility index (Phi) is 3.12. The monoisotopic (exact) mass is 279 g/mol. The highest BCUT2D eigenvalue weighted by Gasteiger charge is 2.09. The number of nitrogen functional groups attached to an aromatic ring is 1. The number of carbonyl (C=O) groups is 1. The lowest BCUT2D eigenvalue weighted by molar-refractivity contribution is 0.1000. The van der Waals surface area contributed by atoms with Gasteiger partial charge in [-0.25, -0.2) is 9.97 Å². The Morgan fingerprint density at radius 2 is 2.00 bits per heavy atom. The van der Waals surface area contributed by atoms with Gasteiger partial charge in [0.25, 0.3) is 0 Å². The zero-order chi connectivity index (χ0) is 14.8. The SMILES string of the molecule is NC(=O)c1ccc(-n2ccnc2-c2cccc(N)c2)nc1. The van der Waals surface area contributed by atoms with Crippen molar-refractivity contribution in [2.45, 2.75) is 0 Å². The van der Waals surface area contributed by atoms with Crippen molar-refractivity contribution in [1.82, 2.24) is 14.5 Å². The van der Waals surface area contributed by atoms with Crippen molar-refractivity contribution in [3.63, 3.8) is 0 Å². The van der Waals surface area contributed by atoms with Crippen LogP contribution in [0.25, 0.3) is 17.2 Å². The van der Waals surface area contributed by atoms with Crippen LogP contribution in [-0.2, 0) is 0 Å². The average Bonchev–Trinajstić information content (AvgIpc) is 2.97. The van der Waals surface area contributed by atoms with Gasteiger partial charge in [0, 0.05) is 29.8 Å². The van der Waals surface area contributed by atoms with Crippen molar-refractivity contribution < 1.29 is 4.79 Å². The summed E-state index contributed by atoms with van der Waals surface area (Å²) in [5.41, 5.74) is 12.9. The fourth-order valence-electron chi connectivity index (χ4n) is 2.05. The maximum atomic E-state index is 11.1. The Morgan fingerprint density at radius 3 is 2.67 bits per heavy atom. The van der Waals surface area contributed by atoms with Crippen LogP contribution in [0.15, 0.2) is 55.0 Å². The lowest BCUT2D eigenvalue weighted by Gasteiger charge is -2.08. The van der Waals surface area contributed by atoms with Crippen LogP contribution >= 0.6 is 0 Å². The maximum absolute atomic E-state index is 11.1. The second kappa shape index (κ2) is 5.09. The minimum Gasteiger partial charge on any atom is -0.399 e. The molecule has 6 nitrogen and oxygen atoms in total. The fourth-order valence-corrected chi connectivity index (χ4v) is 2.05. The highest BCUT2D eigenvalue weighted by molar-refractivity contribution is 5.92. The van der Waals surface area contributed by atoms with Crippen LogP contribution in [0.1, 0.15) is 10.4 Å². The van der Waals surface area contributed by atoms with Gasteiger partial charge in [-0.15, -0.1) is 0 Å².